The van der Waals surface area contributed by atoms with Gasteiger partial charge in [-0.3, -0.25) is 19.2 Å². The Morgan fingerprint density at radius 3 is 1.33 bits per heavy atom. The second-order valence-electron chi connectivity index (χ2n) is 16.3. The molecule has 0 amide bonds. The van der Waals surface area contributed by atoms with E-state index in [-0.39, 0.29) is 49.7 Å². The lowest BCUT2D eigenvalue weighted by atomic mass is 9.86. The van der Waals surface area contributed by atoms with Crippen molar-refractivity contribution in [2.75, 3.05) is 26.9 Å². The first-order valence-electron chi connectivity index (χ1n) is 20.2. The van der Waals surface area contributed by atoms with E-state index >= 15 is 0 Å². The number of aliphatic hydroxyl groups is 2. The summed E-state index contributed by atoms with van der Waals surface area (Å²) in [6.45, 7) is 12.8. The summed E-state index contributed by atoms with van der Waals surface area (Å²) in [6.07, 6.45) is 3.18. The molecule has 0 aliphatic carbocycles. The van der Waals surface area contributed by atoms with Gasteiger partial charge in [-0.15, -0.1) is 0 Å². The number of aryl methyl sites for hydroxylation is 3. The smallest absolute Gasteiger partial charge is 0.313 e. The summed E-state index contributed by atoms with van der Waals surface area (Å²) < 4.78 is 9.79. The quantitative estimate of drug-likeness (QED) is 0.0879. The molecule has 0 unspecified atom stereocenters. The lowest BCUT2D eigenvalue weighted by Gasteiger charge is -2.23. The third-order valence-corrected chi connectivity index (χ3v) is 10.9. The number of ketones is 2. The zero-order chi connectivity index (χ0) is 46.2. The lowest BCUT2D eigenvalue weighted by Crippen LogP contribution is -2.31. The van der Waals surface area contributed by atoms with Crippen molar-refractivity contribution in [1.29, 1.82) is 0 Å². The largest absolute Gasteiger partial charge is 0.469 e. The number of esters is 2. The molecular formula is C49H64Cl3NO8. The highest BCUT2D eigenvalue weighted by molar-refractivity contribution is 6.32. The number of Topliss-reactive ketones (excluding diaryl/α,β-unsaturated/α-hetero) is 2. The Hall–Kier alpha value is -4.09. The second-order valence-corrected chi connectivity index (χ2v) is 17.5. The number of halogens is 3. The van der Waals surface area contributed by atoms with Gasteiger partial charge < -0.3 is 25.4 Å². The lowest BCUT2D eigenvalue weighted by molar-refractivity contribution is -0.153. The Morgan fingerprint density at radius 1 is 0.590 bits per heavy atom. The van der Waals surface area contributed by atoms with Crippen molar-refractivity contribution < 1.29 is 38.9 Å². The van der Waals surface area contributed by atoms with E-state index in [2.05, 4.69) is 11.7 Å². The summed E-state index contributed by atoms with van der Waals surface area (Å²) in [7, 11) is 1.31. The number of ether oxygens (including phenoxy) is 2. The molecule has 0 aliphatic rings. The van der Waals surface area contributed by atoms with E-state index in [1.807, 2.05) is 111 Å². The van der Waals surface area contributed by atoms with Gasteiger partial charge in [-0.2, -0.15) is 0 Å². The van der Waals surface area contributed by atoms with Crippen LogP contribution in [0.25, 0.3) is 0 Å². The van der Waals surface area contributed by atoms with Crippen molar-refractivity contribution in [3.05, 3.63) is 140 Å². The molecule has 61 heavy (non-hydrogen) atoms. The minimum Gasteiger partial charge on any atom is -0.469 e. The average molecular weight is 901 g/mol. The van der Waals surface area contributed by atoms with Crippen molar-refractivity contribution in [2.45, 2.75) is 93.5 Å². The number of aliphatic hydroxyl groups excluding tert-OH is 2. The van der Waals surface area contributed by atoms with Crippen molar-refractivity contribution in [3.63, 3.8) is 0 Å². The van der Waals surface area contributed by atoms with Crippen molar-refractivity contribution >= 4 is 58.3 Å². The molecule has 0 heterocycles. The summed E-state index contributed by atoms with van der Waals surface area (Å²) in [5.41, 5.74) is 8.32. The first-order chi connectivity index (χ1) is 28.7. The van der Waals surface area contributed by atoms with Gasteiger partial charge in [-0.25, -0.2) is 0 Å². The van der Waals surface area contributed by atoms with Gasteiger partial charge in [0.25, 0.3) is 0 Å². The minimum atomic E-state index is -0.755. The predicted molar refractivity (Wildman–Crippen MR) is 247 cm³/mol. The van der Waals surface area contributed by atoms with E-state index < -0.39 is 16.2 Å². The van der Waals surface area contributed by atoms with Crippen LogP contribution >= 0.6 is 34.8 Å². The number of hydrogen-bond donors (Lipinski definition) is 3. The minimum absolute atomic E-state index is 0.0579. The van der Waals surface area contributed by atoms with Gasteiger partial charge >= 0.3 is 11.9 Å². The highest BCUT2D eigenvalue weighted by atomic mass is 35.5. The van der Waals surface area contributed by atoms with Crippen LogP contribution in [-0.4, -0.2) is 60.6 Å². The number of carbonyl (C=O) groups is 4. The number of nitrogens with two attached hydrogens (primary N) is 1. The van der Waals surface area contributed by atoms with Crippen LogP contribution in [0.15, 0.2) is 97.1 Å². The topological polar surface area (TPSA) is 153 Å². The van der Waals surface area contributed by atoms with E-state index in [0.717, 1.165) is 33.7 Å². The molecule has 0 fully saturated rings. The van der Waals surface area contributed by atoms with Gasteiger partial charge in [0.1, 0.15) is 18.2 Å². The molecule has 4 rings (SSSR count). The fourth-order valence-electron chi connectivity index (χ4n) is 5.12. The molecule has 12 heteroatoms. The maximum absolute atomic E-state index is 12.6. The van der Waals surface area contributed by atoms with Crippen LogP contribution in [0.2, 0.25) is 15.1 Å². The number of rotatable bonds is 17. The van der Waals surface area contributed by atoms with Gasteiger partial charge in [0.2, 0.25) is 0 Å². The Bertz CT molecular complexity index is 1960. The summed E-state index contributed by atoms with van der Waals surface area (Å²) in [6, 6.07) is 30.5. The number of hydrogen-bond acceptors (Lipinski definition) is 9. The van der Waals surface area contributed by atoms with Crippen molar-refractivity contribution in [1.82, 2.24) is 0 Å². The molecule has 4 N–H and O–H groups in total. The number of carbonyl (C=O) groups excluding carboxylic acids is 4. The summed E-state index contributed by atoms with van der Waals surface area (Å²) in [4.78, 5) is 47.1. The Labute approximate surface area is 377 Å². The Morgan fingerprint density at radius 2 is 0.984 bits per heavy atom. The van der Waals surface area contributed by atoms with Gasteiger partial charge in [0.15, 0.2) is 0 Å². The van der Waals surface area contributed by atoms with Crippen LogP contribution in [0.4, 0.5) is 0 Å². The molecule has 334 valence electrons. The molecule has 0 saturated carbocycles. The van der Waals surface area contributed by atoms with Crippen LogP contribution in [-0.2, 0) is 60.9 Å². The predicted octanol–water partition coefficient (Wildman–Crippen LogP) is 10.1. The van der Waals surface area contributed by atoms with Crippen LogP contribution in [0.5, 0.6) is 0 Å². The van der Waals surface area contributed by atoms with E-state index in [0.29, 0.717) is 42.3 Å². The zero-order valence-corrected chi connectivity index (χ0v) is 39.1. The molecule has 4 aromatic rings. The fourth-order valence-corrected chi connectivity index (χ4v) is 5.79. The van der Waals surface area contributed by atoms with E-state index in [4.69, 9.17) is 55.5 Å². The van der Waals surface area contributed by atoms with Gasteiger partial charge in [-0.05, 0) is 93.0 Å². The molecule has 0 bridgehead atoms. The first kappa shape index (κ1) is 54.9. The van der Waals surface area contributed by atoms with Gasteiger partial charge in [0.05, 0.1) is 37.6 Å². The van der Waals surface area contributed by atoms with Crippen LogP contribution in [0.3, 0.4) is 0 Å². The molecule has 0 radical (unpaired) electrons. The molecule has 0 aliphatic heterocycles. The average Bonchev–Trinajstić information content (AvgIpc) is 3.25. The Balaban J connectivity index is 0.000000459. The standard InChI is InChI=1S/C23H27ClO3.C13H17ClO2.C7H8ClN.C6H12O3/c1-4-17-9-11-18(12-10-17)15-22(26)27-16-23(2,3)21(25)14-13-19-7-5-6-8-20(19)24;1-13(2,9-15)12(16)8-7-10-5-3-4-6-11(10)14;8-7-4-2-1-3-6(7)5-9;1-6(2,4-7)5(8)9-3/h5-12H,4,13-16H2,1-3H3;3-6,15H,7-9H2,1-2H3;1-4H,5,9H2;7H,4H2,1-3H3. The third kappa shape index (κ3) is 20.6. The van der Waals surface area contributed by atoms with E-state index in [1.54, 1.807) is 27.7 Å². The number of methoxy groups -OCH3 is 1. The molecule has 0 saturated heterocycles. The second kappa shape index (κ2) is 27.8. The van der Waals surface area contributed by atoms with Crippen LogP contribution in [0, 0.1) is 16.2 Å². The third-order valence-electron chi connectivity index (χ3n) is 9.75. The SMILES string of the molecule is CC(C)(CO)C(=O)CCc1ccccc1Cl.CCc1ccc(CC(=O)OCC(C)(C)C(=O)CCc2ccccc2Cl)cc1.COC(=O)C(C)(C)CO.NCc1ccccc1Cl. The first-order valence-corrected chi connectivity index (χ1v) is 21.3. The van der Waals surface area contributed by atoms with Gasteiger partial charge in [0, 0.05) is 39.9 Å². The molecule has 0 atom stereocenters. The Kier molecular flexibility index (Phi) is 25.0. The van der Waals surface area contributed by atoms with Crippen LogP contribution in [0.1, 0.15) is 89.1 Å². The number of benzene rings is 4. The highest BCUT2D eigenvalue weighted by Gasteiger charge is 2.29. The summed E-state index contributed by atoms with van der Waals surface area (Å²) in [5.74, 6) is -0.575. The zero-order valence-electron chi connectivity index (χ0n) is 36.9. The summed E-state index contributed by atoms with van der Waals surface area (Å²) in [5, 5.41) is 19.8. The fraction of sp³-hybridized carbons (Fsp3) is 0.429. The summed E-state index contributed by atoms with van der Waals surface area (Å²) >= 11 is 17.9. The molecular weight excluding hydrogens is 837 g/mol. The maximum Gasteiger partial charge on any atom is 0.313 e. The van der Waals surface area contributed by atoms with Crippen molar-refractivity contribution in [3.8, 4) is 0 Å². The maximum atomic E-state index is 12.6. The van der Waals surface area contributed by atoms with Gasteiger partial charge in [-0.1, -0.05) is 134 Å². The van der Waals surface area contributed by atoms with Crippen molar-refractivity contribution in [2.24, 2.45) is 22.0 Å². The van der Waals surface area contributed by atoms with E-state index in [1.165, 1.54) is 12.7 Å². The molecule has 9 nitrogen and oxygen atoms in total. The molecule has 0 aromatic heterocycles. The monoisotopic (exact) mass is 899 g/mol. The van der Waals surface area contributed by atoms with E-state index in [9.17, 15) is 19.2 Å². The normalized spacial score (nSPS) is 11.0. The highest BCUT2D eigenvalue weighted by Crippen LogP contribution is 2.24. The molecule has 0 spiro atoms. The van der Waals surface area contributed by atoms with Crippen LogP contribution < -0.4 is 5.73 Å². The molecule has 4 aromatic carbocycles.